The van der Waals surface area contributed by atoms with Gasteiger partial charge in [-0.25, -0.2) is 0 Å². The van der Waals surface area contributed by atoms with Crippen LogP contribution in [0.3, 0.4) is 0 Å². The van der Waals surface area contributed by atoms with Gasteiger partial charge in [-0.2, -0.15) is 0 Å². The molecule has 6 heteroatoms. The van der Waals surface area contributed by atoms with E-state index in [-0.39, 0.29) is 11.3 Å². The number of nitrogens with zero attached hydrogens (tertiary/aromatic N) is 1. The molecule has 0 aliphatic carbocycles. The van der Waals surface area contributed by atoms with E-state index in [1.54, 1.807) is 25.1 Å². The van der Waals surface area contributed by atoms with Crippen LogP contribution in [-0.2, 0) is 4.74 Å². The lowest BCUT2D eigenvalue weighted by Gasteiger charge is -2.26. The van der Waals surface area contributed by atoms with Gasteiger partial charge in [0.2, 0.25) is 0 Å². The largest absolute Gasteiger partial charge is 0.455 e. The molecule has 0 spiro atoms. The van der Waals surface area contributed by atoms with Gasteiger partial charge in [-0.15, -0.1) is 0 Å². The quantitative estimate of drug-likeness (QED) is 0.637. The zero-order valence-electron chi connectivity index (χ0n) is 17.1. The number of benzene rings is 2. The standard InChI is InChI=1S/C24H26N2O4/c1-17-21(27)19-9-5-10-20(23(19)30-22(17)18-7-3-2-4-8-18)24(28)25-11-6-12-26-13-15-29-16-14-26/h2-5,7-10H,6,11-16H2,1H3,(H,25,28). The molecule has 1 aliphatic heterocycles. The highest BCUT2D eigenvalue weighted by Gasteiger charge is 2.18. The number of morpholine rings is 1. The summed E-state index contributed by atoms with van der Waals surface area (Å²) in [5.74, 6) is 0.272. The van der Waals surface area contributed by atoms with Crippen molar-refractivity contribution in [1.29, 1.82) is 0 Å². The number of para-hydroxylation sites is 1. The van der Waals surface area contributed by atoms with Gasteiger partial charge in [0.25, 0.3) is 5.91 Å². The number of hydrogen-bond acceptors (Lipinski definition) is 5. The fourth-order valence-corrected chi connectivity index (χ4v) is 3.78. The van der Waals surface area contributed by atoms with Crippen molar-refractivity contribution in [2.75, 3.05) is 39.4 Å². The Kier molecular flexibility index (Phi) is 6.26. The minimum Gasteiger partial charge on any atom is -0.455 e. The average molecular weight is 406 g/mol. The Morgan fingerprint density at radius 1 is 1.07 bits per heavy atom. The highest BCUT2D eigenvalue weighted by molar-refractivity contribution is 6.05. The van der Waals surface area contributed by atoms with Crippen LogP contribution >= 0.6 is 0 Å². The summed E-state index contributed by atoms with van der Waals surface area (Å²) < 4.78 is 11.5. The second-order valence-corrected chi connectivity index (χ2v) is 7.50. The number of rotatable bonds is 6. The zero-order valence-corrected chi connectivity index (χ0v) is 17.1. The van der Waals surface area contributed by atoms with Crippen LogP contribution in [0.4, 0.5) is 0 Å². The Morgan fingerprint density at radius 3 is 2.60 bits per heavy atom. The van der Waals surface area contributed by atoms with Crippen LogP contribution in [0.25, 0.3) is 22.3 Å². The van der Waals surface area contributed by atoms with Gasteiger partial charge in [-0.05, 0) is 32.0 Å². The average Bonchev–Trinajstić information content (AvgIpc) is 2.80. The first kappa shape index (κ1) is 20.3. The Labute approximate surface area is 175 Å². The second kappa shape index (κ2) is 9.24. The maximum absolute atomic E-state index is 12.9. The molecular formula is C24H26N2O4. The van der Waals surface area contributed by atoms with Crippen LogP contribution in [0.1, 0.15) is 22.3 Å². The predicted molar refractivity (Wildman–Crippen MR) is 117 cm³/mol. The SMILES string of the molecule is Cc1c(-c2ccccc2)oc2c(C(=O)NCCCN3CCOCC3)cccc2c1=O. The molecule has 0 saturated carbocycles. The summed E-state index contributed by atoms with van der Waals surface area (Å²) in [6, 6.07) is 14.6. The number of ether oxygens (including phenoxy) is 1. The first-order chi connectivity index (χ1) is 14.6. The molecule has 4 rings (SSSR count). The fourth-order valence-electron chi connectivity index (χ4n) is 3.78. The molecule has 30 heavy (non-hydrogen) atoms. The van der Waals surface area contributed by atoms with E-state index < -0.39 is 0 Å². The number of carbonyl (C=O) groups excluding carboxylic acids is 1. The number of nitrogens with one attached hydrogen (secondary N) is 1. The van der Waals surface area contributed by atoms with Crippen molar-refractivity contribution in [3.05, 3.63) is 69.9 Å². The Balaban J connectivity index is 1.55. The fraction of sp³-hybridized carbons (Fsp3) is 0.333. The number of amides is 1. The molecule has 1 aliphatic rings. The van der Waals surface area contributed by atoms with E-state index in [0.29, 0.717) is 34.4 Å². The molecule has 1 fully saturated rings. The van der Waals surface area contributed by atoms with Crippen molar-refractivity contribution in [3.63, 3.8) is 0 Å². The van der Waals surface area contributed by atoms with Crippen LogP contribution in [-0.4, -0.2) is 50.2 Å². The van der Waals surface area contributed by atoms with E-state index in [9.17, 15) is 9.59 Å². The maximum atomic E-state index is 12.9. The lowest BCUT2D eigenvalue weighted by Crippen LogP contribution is -2.38. The van der Waals surface area contributed by atoms with E-state index in [1.807, 2.05) is 30.3 Å². The maximum Gasteiger partial charge on any atom is 0.255 e. The summed E-state index contributed by atoms with van der Waals surface area (Å²) in [7, 11) is 0. The number of fused-ring (bicyclic) bond motifs is 1. The Morgan fingerprint density at radius 2 is 1.83 bits per heavy atom. The second-order valence-electron chi connectivity index (χ2n) is 7.50. The minimum absolute atomic E-state index is 0.114. The highest BCUT2D eigenvalue weighted by atomic mass is 16.5. The summed E-state index contributed by atoms with van der Waals surface area (Å²) in [6.07, 6.45) is 0.856. The molecule has 156 valence electrons. The van der Waals surface area contributed by atoms with Crippen LogP contribution < -0.4 is 10.7 Å². The highest BCUT2D eigenvalue weighted by Crippen LogP contribution is 2.27. The molecule has 0 unspecified atom stereocenters. The van der Waals surface area contributed by atoms with Crippen LogP contribution in [0.2, 0.25) is 0 Å². The van der Waals surface area contributed by atoms with Crippen molar-refractivity contribution < 1.29 is 13.9 Å². The van der Waals surface area contributed by atoms with Gasteiger partial charge in [0, 0.05) is 30.8 Å². The molecule has 2 heterocycles. The molecular weight excluding hydrogens is 380 g/mol. The normalized spacial score (nSPS) is 14.7. The smallest absolute Gasteiger partial charge is 0.255 e. The van der Waals surface area contributed by atoms with Crippen molar-refractivity contribution >= 4 is 16.9 Å². The van der Waals surface area contributed by atoms with E-state index >= 15 is 0 Å². The third-order valence-electron chi connectivity index (χ3n) is 5.47. The van der Waals surface area contributed by atoms with E-state index in [4.69, 9.17) is 9.15 Å². The molecule has 1 saturated heterocycles. The van der Waals surface area contributed by atoms with Gasteiger partial charge < -0.3 is 14.5 Å². The molecule has 1 N–H and O–H groups in total. The summed E-state index contributed by atoms with van der Waals surface area (Å²) >= 11 is 0. The van der Waals surface area contributed by atoms with E-state index in [0.717, 1.165) is 44.8 Å². The van der Waals surface area contributed by atoms with Crippen LogP contribution in [0, 0.1) is 6.92 Å². The van der Waals surface area contributed by atoms with Crippen molar-refractivity contribution in [2.24, 2.45) is 0 Å². The third kappa shape index (κ3) is 4.30. The van der Waals surface area contributed by atoms with Gasteiger partial charge in [0.05, 0.1) is 24.2 Å². The monoisotopic (exact) mass is 406 g/mol. The molecule has 1 aromatic heterocycles. The summed E-state index contributed by atoms with van der Waals surface area (Å²) in [5, 5.41) is 3.39. The minimum atomic E-state index is -0.228. The summed E-state index contributed by atoms with van der Waals surface area (Å²) in [5.41, 5.74) is 1.95. The van der Waals surface area contributed by atoms with Gasteiger partial charge in [0.15, 0.2) is 11.0 Å². The van der Waals surface area contributed by atoms with Crippen LogP contribution in [0.15, 0.2) is 57.7 Å². The number of hydrogen-bond donors (Lipinski definition) is 1. The van der Waals surface area contributed by atoms with Gasteiger partial charge in [-0.3, -0.25) is 14.5 Å². The van der Waals surface area contributed by atoms with Gasteiger partial charge in [-0.1, -0.05) is 36.4 Å². The lowest BCUT2D eigenvalue weighted by atomic mass is 10.0. The molecule has 0 atom stereocenters. The van der Waals surface area contributed by atoms with E-state index in [1.165, 1.54) is 0 Å². The van der Waals surface area contributed by atoms with Gasteiger partial charge >= 0.3 is 0 Å². The molecule has 0 radical (unpaired) electrons. The predicted octanol–water partition coefficient (Wildman–Crippen LogP) is 3.22. The van der Waals surface area contributed by atoms with Crippen molar-refractivity contribution in [2.45, 2.75) is 13.3 Å². The molecule has 0 bridgehead atoms. The third-order valence-corrected chi connectivity index (χ3v) is 5.47. The molecule has 3 aromatic rings. The Bertz CT molecular complexity index is 1090. The van der Waals surface area contributed by atoms with Crippen LogP contribution in [0.5, 0.6) is 0 Å². The van der Waals surface area contributed by atoms with Crippen molar-refractivity contribution in [3.8, 4) is 11.3 Å². The Hall–Kier alpha value is -2.96. The first-order valence-corrected chi connectivity index (χ1v) is 10.4. The number of carbonyl (C=O) groups is 1. The zero-order chi connectivity index (χ0) is 20.9. The molecule has 1 amide bonds. The van der Waals surface area contributed by atoms with Crippen molar-refractivity contribution in [1.82, 2.24) is 10.2 Å². The molecule has 6 nitrogen and oxygen atoms in total. The molecule has 2 aromatic carbocycles. The van der Waals surface area contributed by atoms with Gasteiger partial charge in [0.1, 0.15) is 5.76 Å². The lowest BCUT2D eigenvalue weighted by molar-refractivity contribution is 0.0374. The topological polar surface area (TPSA) is 71.8 Å². The first-order valence-electron chi connectivity index (χ1n) is 10.4. The van der Waals surface area contributed by atoms with E-state index in [2.05, 4.69) is 10.2 Å². The summed E-state index contributed by atoms with van der Waals surface area (Å²) in [6.45, 7) is 6.65. The summed E-state index contributed by atoms with van der Waals surface area (Å²) in [4.78, 5) is 28.1.